The molecule has 4 nitrogen and oxygen atoms in total. The topological polar surface area (TPSA) is 57.6 Å². The first-order chi connectivity index (χ1) is 10.5. The lowest BCUT2D eigenvalue weighted by Crippen LogP contribution is -2.43. The first-order valence-corrected chi connectivity index (χ1v) is 8.94. The van der Waals surface area contributed by atoms with Gasteiger partial charge in [0.05, 0.1) is 0 Å². The number of carboxylic acids is 1. The summed E-state index contributed by atoms with van der Waals surface area (Å²) in [6, 6.07) is 5.16. The fraction of sp³-hybridized carbons (Fsp3) is 0.529. The van der Waals surface area contributed by atoms with E-state index in [2.05, 4.69) is 0 Å². The molecule has 1 saturated carbocycles. The monoisotopic (exact) mass is 319 g/mol. The second-order valence-electron chi connectivity index (χ2n) is 6.28. The quantitative estimate of drug-likeness (QED) is 0.870. The van der Waals surface area contributed by atoms with Gasteiger partial charge >= 0.3 is 5.97 Å². The standard InChI is InChI=1S/C17H21NO3S/c1-10-6-7-12(22-2)8-14(10)16(19)18-9-11-4-3-5-13(11)15(18)17(20)21/h6-8,11,13,15H,3-5,9H2,1-2H3,(H,20,21). The zero-order valence-corrected chi connectivity index (χ0v) is 13.7. The summed E-state index contributed by atoms with van der Waals surface area (Å²) in [5, 5.41) is 9.60. The van der Waals surface area contributed by atoms with Crippen molar-refractivity contribution in [2.75, 3.05) is 12.8 Å². The fourth-order valence-corrected chi connectivity index (χ4v) is 4.38. The number of aliphatic carboxylic acids is 1. The number of fused-ring (bicyclic) bond motifs is 1. The van der Waals surface area contributed by atoms with Crippen molar-refractivity contribution in [3.63, 3.8) is 0 Å². The minimum Gasteiger partial charge on any atom is -0.480 e. The lowest BCUT2D eigenvalue weighted by Gasteiger charge is -2.25. The van der Waals surface area contributed by atoms with Crippen LogP contribution in [0, 0.1) is 18.8 Å². The van der Waals surface area contributed by atoms with E-state index in [4.69, 9.17) is 0 Å². The van der Waals surface area contributed by atoms with Crippen LogP contribution < -0.4 is 0 Å². The van der Waals surface area contributed by atoms with Crippen molar-refractivity contribution in [1.82, 2.24) is 4.90 Å². The number of benzene rings is 1. The van der Waals surface area contributed by atoms with Crippen LogP contribution in [-0.4, -0.2) is 40.7 Å². The Kier molecular flexibility index (Phi) is 4.17. The van der Waals surface area contributed by atoms with E-state index in [1.807, 2.05) is 31.4 Å². The Bertz CT molecular complexity index is 616. The van der Waals surface area contributed by atoms with Crippen LogP contribution in [0.25, 0.3) is 0 Å². The number of nitrogens with zero attached hydrogens (tertiary/aromatic N) is 1. The van der Waals surface area contributed by atoms with E-state index in [9.17, 15) is 14.7 Å². The van der Waals surface area contributed by atoms with Crippen LogP contribution >= 0.6 is 11.8 Å². The van der Waals surface area contributed by atoms with Crippen LogP contribution in [0.2, 0.25) is 0 Å². The van der Waals surface area contributed by atoms with E-state index >= 15 is 0 Å². The van der Waals surface area contributed by atoms with Crippen molar-refractivity contribution >= 4 is 23.6 Å². The van der Waals surface area contributed by atoms with E-state index in [0.29, 0.717) is 18.0 Å². The molecule has 5 heteroatoms. The lowest BCUT2D eigenvalue weighted by atomic mass is 9.94. The van der Waals surface area contributed by atoms with Gasteiger partial charge in [-0.3, -0.25) is 4.79 Å². The Labute approximate surface area is 134 Å². The smallest absolute Gasteiger partial charge is 0.326 e. The third-order valence-corrected chi connectivity index (χ3v) is 5.80. The van der Waals surface area contributed by atoms with Crippen molar-refractivity contribution in [1.29, 1.82) is 0 Å². The summed E-state index contributed by atoms with van der Waals surface area (Å²) < 4.78 is 0. The van der Waals surface area contributed by atoms with Crippen molar-refractivity contribution < 1.29 is 14.7 Å². The van der Waals surface area contributed by atoms with Gasteiger partial charge in [0.15, 0.2) is 0 Å². The minimum absolute atomic E-state index is 0.129. The highest BCUT2D eigenvalue weighted by Crippen LogP contribution is 2.43. The largest absolute Gasteiger partial charge is 0.480 e. The molecule has 1 amide bonds. The van der Waals surface area contributed by atoms with Crippen molar-refractivity contribution in [3.8, 4) is 0 Å². The number of aryl methyl sites for hydroxylation is 1. The summed E-state index contributed by atoms with van der Waals surface area (Å²) in [5.41, 5.74) is 1.54. The Hall–Kier alpha value is -1.49. The van der Waals surface area contributed by atoms with Crippen LogP contribution in [0.5, 0.6) is 0 Å². The maximum Gasteiger partial charge on any atom is 0.326 e. The lowest BCUT2D eigenvalue weighted by molar-refractivity contribution is -0.142. The molecule has 0 spiro atoms. The summed E-state index contributed by atoms with van der Waals surface area (Å²) in [5.74, 6) is -0.504. The molecule has 3 rings (SSSR count). The van der Waals surface area contributed by atoms with Crippen molar-refractivity contribution in [2.45, 2.75) is 37.1 Å². The number of amides is 1. The number of carboxylic acid groups (broad SMARTS) is 1. The highest BCUT2D eigenvalue weighted by Gasteiger charge is 2.49. The van der Waals surface area contributed by atoms with E-state index in [1.165, 1.54) is 0 Å². The molecule has 0 bridgehead atoms. The number of likely N-dealkylation sites (tertiary alicyclic amines) is 1. The second-order valence-corrected chi connectivity index (χ2v) is 7.16. The van der Waals surface area contributed by atoms with Gasteiger partial charge in [0.2, 0.25) is 0 Å². The predicted octanol–water partition coefficient (Wildman–Crippen LogP) is 3.04. The number of rotatable bonds is 3. The summed E-state index contributed by atoms with van der Waals surface area (Å²) in [6.45, 7) is 2.49. The molecule has 1 aromatic rings. The molecule has 3 atom stereocenters. The summed E-state index contributed by atoms with van der Waals surface area (Å²) in [4.78, 5) is 27.3. The molecule has 118 valence electrons. The average Bonchev–Trinajstić information content (AvgIpc) is 3.06. The Morgan fingerprint density at radius 1 is 1.32 bits per heavy atom. The third kappa shape index (κ3) is 2.51. The molecule has 22 heavy (non-hydrogen) atoms. The molecule has 0 radical (unpaired) electrons. The zero-order valence-electron chi connectivity index (χ0n) is 12.9. The van der Waals surface area contributed by atoms with Gasteiger partial charge in [0.25, 0.3) is 5.91 Å². The molecular formula is C17H21NO3S. The van der Waals surface area contributed by atoms with Gasteiger partial charge in [0.1, 0.15) is 6.04 Å². The highest BCUT2D eigenvalue weighted by atomic mass is 32.2. The number of thioether (sulfide) groups is 1. The van der Waals surface area contributed by atoms with Gasteiger partial charge in [-0.05, 0) is 55.6 Å². The number of carbonyl (C=O) groups is 2. The second kappa shape index (κ2) is 5.95. The molecule has 1 saturated heterocycles. The average molecular weight is 319 g/mol. The summed E-state index contributed by atoms with van der Waals surface area (Å²) >= 11 is 1.59. The minimum atomic E-state index is -0.860. The first-order valence-electron chi connectivity index (χ1n) is 7.71. The SMILES string of the molecule is CSc1ccc(C)c(C(=O)N2CC3CCCC3C2C(=O)O)c1. The number of carbonyl (C=O) groups excluding carboxylic acids is 1. The molecular weight excluding hydrogens is 298 g/mol. The van der Waals surface area contributed by atoms with Crippen LogP contribution in [0.15, 0.2) is 23.1 Å². The maximum atomic E-state index is 12.9. The molecule has 2 fully saturated rings. The van der Waals surface area contributed by atoms with E-state index in [0.717, 1.165) is 29.7 Å². The first kappa shape index (κ1) is 15.4. The summed E-state index contributed by atoms with van der Waals surface area (Å²) in [6.07, 6.45) is 5.03. The molecule has 1 aromatic carbocycles. The predicted molar refractivity (Wildman–Crippen MR) is 86.3 cm³/mol. The Morgan fingerprint density at radius 3 is 2.77 bits per heavy atom. The van der Waals surface area contributed by atoms with Crippen LogP contribution in [0.1, 0.15) is 35.2 Å². The molecule has 0 aromatic heterocycles. The molecule has 3 unspecified atom stereocenters. The van der Waals surface area contributed by atoms with Gasteiger partial charge in [-0.1, -0.05) is 12.5 Å². The van der Waals surface area contributed by atoms with Crippen molar-refractivity contribution in [3.05, 3.63) is 29.3 Å². The van der Waals surface area contributed by atoms with Gasteiger partial charge in [-0.15, -0.1) is 11.8 Å². The van der Waals surface area contributed by atoms with Crippen molar-refractivity contribution in [2.24, 2.45) is 11.8 Å². The van der Waals surface area contributed by atoms with Gasteiger partial charge in [-0.25, -0.2) is 4.79 Å². The summed E-state index contributed by atoms with van der Waals surface area (Å²) in [7, 11) is 0. The zero-order chi connectivity index (χ0) is 15.9. The van der Waals surface area contributed by atoms with E-state index < -0.39 is 12.0 Å². The number of hydrogen-bond donors (Lipinski definition) is 1. The number of hydrogen-bond acceptors (Lipinski definition) is 3. The van der Waals surface area contributed by atoms with Crippen LogP contribution in [0.3, 0.4) is 0 Å². The van der Waals surface area contributed by atoms with Gasteiger partial charge < -0.3 is 10.0 Å². The third-order valence-electron chi connectivity index (χ3n) is 5.08. The van der Waals surface area contributed by atoms with Gasteiger partial charge in [0, 0.05) is 17.0 Å². The molecule has 1 heterocycles. The maximum absolute atomic E-state index is 12.9. The Balaban J connectivity index is 1.93. The molecule has 1 aliphatic carbocycles. The molecule has 1 aliphatic heterocycles. The molecule has 1 N–H and O–H groups in total. The Morgan fingerprint density at radius 2 is 2.09 bits per heavy atom. The fourth-order valence-electron chi connectivity index (χ4n) is 3.94. The van der Waals surface area contributed by atoms with Gasteiger partial charge in [-0.2, -0.15) is 0 Å². The van der Waals surface area contributed by atoms with E-state index in [1.54, 1.807) is 16.7 Å². The normalized spacial score (nSPS) is 27.0. The van der Waals surface area contributed by atoms with E-state index in [-0.39, 0.29) is 11.8 Å². The molecule has 2 aliphatic rings. The highest BCUT2D eigenvalue weighted by molar-refractivity contribution is 7.98. The van der Waals surface area contributed by atoms with Crippen LogP contribution in [0.4, 0.5) is 0 Å². The van der Waals surface area contributed by atoms with Crippen LogP contribution in [-0.2, 0) is 4.79 Å².